The van der Waals surface area contributed by atoms with Gasteiger partial charge < -0.3 is 4.98 Å². The van der Waals surface area contributed by atoms with Crippen LogP contribution in [0.3, 0.4) is 0 Å². The molecule has 0 saturated carbocycles. The fraction of sp³-hybridized carbons (Fsp3) is 0.182. The summed E-state index contributed by atoms with van der Waals surface area (Å²) in [6.45, 7) is 1.53. The molecular weight excluding hydrogens is 255 g/mol. The van der Waals surface area contributed by atoms with Gasteiger partial charge in [-0.25, -0.2) is 0 Å². The highest BCUT2D eigenvalue weighted by Gasteiger charge is 2.30. The molecule has 1 aromatic heterocycles. The first kappa shape index (κ1) is 12.0. The average molecular weight is 262 g/mol. The molecule has 0 atom stereocenters. The Hall–Kier alpha value is -1.49. The molecule has 0 aliphatic carbocycles. The number of rotatable bonds is 0. The average Bonchev–Trinajstić information content (AvgIpc) is 2.24. The molecule has 90 valence electrons. The first-order chi connectivity index (χ1) is 7.80. The van der Waals surface area contributed by atoms with E-state index in [4.69, 9.17) is 11.6 Å². The predicted octanol–water partition coefficient (Wildman–Crippen LogP) is 3.51. The second kappa shape index (κ2) is 3.77. The van der Waals surface area contributed by atoms with Crippen molar-refractivity contribution < 1.29 is 13.2 Å². The number of hydrogen-bond donors (Lipinski definition) is 1. The lowest BCUT2D eigenvalue weighted by molar-refractivity contribution is -0.137. The van der Waals surface area contributed by atoms with Crippen LogP contribution in [0.5, 0.6) is 0 Å². The topological polar surface area (TPSA) is 32.9 Å². The van der Waals surface area contributed by atoms with Crippen molar-refractivity contribution in [1.82, 2.24) is 4.98 Å². The van der Waals surface area contributed by atoms with E-state index in [-0.39, 0.29) is 15.9 Å². The lowest BCUT2D eigenvalue weighted by Crippen LogP contribution is -2.09. The molecule has 2 aromatic rings. The van der Waals surface area contributed by atoms with Gasteiger partial charge in [0.05, 0.1) is 11.1 Å². The number of fused-ring (bicyclic) bond motifs is 1. The van der Waals surface area contributed by atoms with Crippen molar-refractivity contribution in [2.45, 2.75) is 13.1 Å². The molecule has 0 spiro atoms. The van der Waals surface area contributed by atoms with Crippen LogP contribution >= 0.6 is 11.6 Å². The minimum Gasteiger partial charge on any atom is -0.357 e. The van der Waals surface area contributed by atoms with Gasteiger partial charge in [0.1, 0.15) is 5.02 Å². The Morgan fingerprint density at radius 1 is 1.29 bits per heavy atom. The van der Waals surface area contributed by atoms with Gasteiger partial charge in [0.15, 0.2) is 0 Å². The number of pyridine rings is 1. The molecule has 0 amide bonds. The summed E-state index contributed by atoms with van der Waals surface area (Å²) in [5.41, 5.74) is -0.788. The fourth-order valence-corrected chi connectivity index (χ4v) is 1.72. The zero-order chi connectivity index (χ0) is 12.8. The number of aromatic amines is 1. The molecule has 1 N–H and O–H groups in total. The number of alkyl halides is 3. The Kier molecular flexibility index (Phi) is 2.66. The minimum absolute atomic E-state index is 0.00254. The zero-order valence-electron chi connectivity index (χ0n) is 8.65. The van der Waals surface area contributed by atoms with Crippen molar-refractivity contribution in [1.29, 1.82) is 0 Å². The maximum Gasteiger partial charge on any atom is 0.416 e. The van der Waals surface area contributed by atoms with Crippen molar-refractivity contribution in [3.8, 4) is 0 Å². The zero-order valence-corrected chi connectivity index (χ0v) is 9.41. The quantitative estimate of drug-likeness (QED) is 0.773. The third-order valence-electron chi connectivity index (χ3n) is 2.44. The van der Waals surface area contributed by atoms with Gasteiger partial charge in [0.2, 0.25) is 5.43 Å². The van der Waals surface area contributed by atoms with Crippen LogP contribution in [0.15, 0.2) is 23.0 Å². The summed E-state index contributed by atoms with van der Waals surface area (Å²) in [5, 5.41) is 0.144. The Bertz CT molecular complexity index is 645. The maximum atomic E-state index is 12.5. The number of nitrogens with one attached hydrogen (secondary N) is 1. The summed E-state index contributed by atoms with van der Waals surface area (Å²) in [7, 11) is 0. The van der Waals surface area contributed by atoms with Crippen LogP contribution in [-0.4, -0.2) is 4.98 Å². The Morgan fingerprint density at radius 3 is 2.53 bits per heavy atom. The Balaban J connectivity index is 2.81. The third-order valence-corrected chi connectivity index (χ3v) is 2.90. The van der Waals surface area contributed by atoms with Gasteiger partial charge in [-0.3, -0.25) is 4.79 Å². The molecule has 0 radical (unpaired) electrons. The third kappa shape index (κ3) is 2.02. The van der Waals surface area contributed by atoms with Gasteiger partial charge in [-0.05, 0) is 25.1 Å². The molecule has 0 unspecified atom stereocenters. The van der Waals surface area contributed by atoms with Crippen LogP contribution in [0, 0.1) is 6.92 Å². The van der Waals surface area contributed by atoms with Crippen LogP contribution < -0.4 is 5.43 Å². The summed E-state index contributed by atoms with van der Waals surface area (Å²) in [4.78, 5) is 14.4. The van der Waals surface area contributed by atoms with Crippen molar-refractivity contribution in [3.05, 3.63) is 44.7 Å². The lowest BCUT2D eigenvalue weighted by atomic mass is 10.1. The van der Waals surface area contributed by atoms with E-state index in [1.54, 1.807) is 0 Å². The molecule has 0 saturated heterocycles. The Labute approximate surface area is 99.0 Å². The highest BCUT2D eigenvalue weighted by atomic mass is 35.5. The minimum atomic E-state index is -4.43. The van der Waals surface area contributed by atoms with Gasteiger partial charge >= 0.3 is 6.18 Å². The van der Waals surface area contributed by atoms with E-state index in [0.29, 0.717) is 5.69 Å². The maximum absolute atomic E-state index is 12.5. The monoisotopic (exact) mass is 261 g/mol. The molecule has 1 aromatic carbocycles. The summed E-state index contributed by atoms with van der Waals surface area (Å²) in [5.74, 6) is 0. The number of benzene rings is 1. The highest BCUT2D eigenvalue weighted by molar-refractivity contribution is 6.31. The van der Waals surface area contributed by atoms with E-state index in [1.165, 1.54) is 6.92 Å². The normalized spacial score (nSPS) is 12.1. The van der Waals surface area contributed by atoms with Gasteiger partial charge in [-0.1, -0.05) is 11.6 Å². The van der Waals surface area contributed by atoms with Crippen molar-refractivity contribution >= 4 is 22.5 Å². The SMILES string of the molecule is Cc1[nH]c2cc(C(F)(F)F)ccc2c(=O)c1Cl. The predicted molar refractivity (Wildman–Crippen MR) is 59.3 cm³/mol. The fourth-order valence-electron chi connectivity index (χ4n) is 1.57. The second-order valence-electron chi connectivity index (χ2n) is 3.65. The smallest absolute Gasteiger partial charge is 0.357 e. The van der Waals surface area contributed by atoms with E-state index in [2.05, 4.69) is 4.98 Å². The van der Waals surface area contributed by atoms with Crippen LogP contribution in [0.2, 0.25) is 5.02 Å². The van der Waals surface area contributed by atoms with Gasteiger partial charge in [-0.2, -0.15) is 13.2 Å². The number of hydrogen-bond acceptors (Lipinski definition) is 1. The molecule has 0 fully saturated rings. The molecule has 0 aliphatic heterocycles. The number of halogens is 4. The summed E-state index contributed by atoms with van der Waals surface area (Å²) < 4.78 is 37.4. The molecule has 0 bridgehead atoms. The molecule has 2 nitrogen and oxygen atoms in total. The van der Waals surface area contributed by atoms with Crippen LogP contribution in [0.1, 0.15) is 11.3 Å². The second-order valence-corrected chi connectivity index (χ2v) is 4.03. The molecule has 6 heteroatoms. The largest absolute Gasteiger partial charge is 0.416 e. The summed E-state index contributed by atoms with van der Waals surface area (Å²) in [6, 6.07) is 2.89. The van der Waals surface area contributed by atoms with E-state index in [9.17, 15) is 18.0 Å². The van der Waals surface area contributed by atoms with Crippen LogP contribution in [0.4, 0.5) is 13.2 Å². The Morgan fingerprint density at radius 2 is 1.94 bits per heavy atom. The number of H-pyrrole nitrogens is 1. The summed E-state index contributed by atoms with van der Waals surface area (Å²) in [6.07, 6.45) is -4.43. The molecule has 0 aliphatic rings. The van der Waals surface area contributed by atoms with Gasteiger partial charge in [0, 0.05) is 11.1 Å². The lowest BCUT2D eigenvalue weighted by Gasteiger charge is -2.08. The van der Waals surface area contributed by atoms with E-state index < -0.39 is 17.2 Å². The van der Waals surface area contributed by atoms with Crippen molar-refractivity contribution in [2.24, 2.45) is 0 Å². The number of aromatic nitrogens is 1. The van der Waals surface area contributed by atoms with E-state index in [1.807, 2.05) is 0 Å². The van der Waals surface area contributed by atoms with Crippen molar-refractivity contribution in [3.63, 3.8) is 0 Å². The van der Waals surface area contributed by atoms with Gasteiger partial charge in [-0.15, -0.1) is 0 Å². The standard InChI is InChI=1S/C11H7ClF3NO/c1-5-9(12)10(17)7-3-2-6(11(13,14)15)4-8(7)16-5/h2-4H,1H3,(H,16,17). The van der Waals surface area contributed by atoms with Crippen LogP contribution in [0.25, 0.3) is 10.9 Å². The molecule has 17 heavy (non-hydrogen) atoms. The molecule has 1 heterocycles. The van der Waals surface area contributed by atoms with Crippen LogP contribution in [-0.2, 0) is 6.18 Å². The first-order valence-corrected chi connectivity index (χ1v) is 5.08. The van der Waals surface area contributed by atoms with E-state index >= 15 is 0 Å². The first-order valence-electron chi connectivity index (χ1n) is 4.70. The van der Waals surface area contributed by atoms with E-state index in [0.717, 1.165) is 18.2 Å². The molecule has 2 rings (SSSR count). The van der Waals surface area contributed by atoms with Crippen molar-refractivity contribution in [2.75, 3.05) is 0 Å². The highest BCUT2D eigenvalue weighted by Crippen LogP contribution is 2.30. The molecular formula is C11H7ClF3NO. The number of aryl methyl sites for hydroxylation is 1. The van der Waals surface area contributed by atoms with Gasteiger partial charge in [0.25, 0.3) is 0 Å². The summed E-state index contributed by atoms with van der Waals surface area (Å²) >= 11 is 5.72.